The molecule has 3 aromatic rings. The molecular weight excluding hydrogens is 374 g/mol. The maximum absolute atomic E-state index is 12.3. The largest absolute Gasteiger partial charge is 0.270 e. The molecule has 0 aliphatic heterocycles. The predicted molar refractivity (Wildman–Crippen MR) is 94.0 cm³/mol. The van der Waals surface area contributed by atoms with E-state index in [1.165, 1.54) is 18.2 Å². The maximum atomic E-state index is 12.3. The molecule has 0 spiro atoms. The van der Waals surface area contributed by atoms with Gasteiger partial charge in [0.05, 0.1) is 20.9 Å². The van der Waals surface area contributed by atoms with E-state index in [4.69, 9.17) is 11.6 Å². The second kappa shape index (κ2) is 6.34. The molecule has 0 bridgehead atoms. The Bertz CT molecular complexity index is 1030. The molecule has 0 saturated carbocycles. The van der Waals surface area contributed by atoms with E-state index < -0.39 is 14.9 Å². The minimum Gasteiger partial charge on any atom is -0.258 e. The van der Waals surface area contributed by atoms with Crippen molar-refractivity contribution in [3.05, 3.63) is 63.2 Å². The molecule has 0 atom stereocenters. The van der Waals surface area contributed by atoms with Crippen LogP contribution in [0, 0.1) is 10.1 Å². The number of nitrogens with zero attached hydrogens (tertiary/aromatic N) is 2. The van der Waals surface area contributed by atoms with E-state index in [2.05, 4.69) is 9.71 Å². The first-order valence-corrected chi connectivity index (χ1v) is 9.47. The third-order valence-corrected chi connectivity index (χ3v) is 5.76. The van der Waals surface area contributed by atoms with Gasteiger partial charge < -0.3 is 0 Å². The van der Waals surface area contributed by atoms with E-state index >= 15 is 0 Å². The van der Waals surface area contributed by atoms with Gasteiger partial charge in [-0.15, -0.1) is 0 Å². The molecule has 10 heteroatoms. The summed E-state index contributed by atoms with van der Waals surface area (Å²) in [6, 6.07) is 10.8. The van der Waals surface area contributed by atoms with Crippen LogP contribution in [0.4, 0.5) is 10.8 Å². The van der Waals surface area contributed by atoms with Crippen LogP contribution in [0.15, 0.2) is 42.5 Å². The fourth-order valence-electron chi connectivity index (χ4n) is 2.06. The van der Waals surface area contributed by atoms with Crippen LogP contribution in [-0.2, 0) is 15.8 Å². The lowest BCUT2D eigenvalue weighted by Gasteiger charge is -2.06. The highest BCUT2D eigenvalue weighted by molar-refractivity contribution is 7.92. The molecule has 7 nitrogen and oxygen atoms in total. The number of nitro benzene ring substituents is 1. The Labute approximate surface area is 146 Å². The number of benzene rings is 2. The summed E-state index contributed by atoms with van der Waals surface area (Å²) in [4.78, 5) is 14.4. The quantitative estimate of drug-likeness (QED) is 0.533. The van der Waals surface area contributed by atoms with Crippen LogP contribution in [0.3, 0.4) is 0 Å². The van der Waals surface area contributed by atoms with Crippen molar-refractivity contribution in [2.75, 3.05) is 4.72 Å². The molecule has 0 aliphatic rings. The van der Waals surface area contributed by atoms with Crippen molar-refractivity contribution in [3.8, 4) is 0 Å². The van der Waals surface area contributed by atoms with Gasteiger partial charge in [-0.1, -0.05) is 41.1 Å². The number of nitrogens with one attached hydrogen (secondary N) is 1. The van der Waals surface area contributed by atoms with Crippen molar-refractivity contribution in [2.45, 2.75) is 5.75 Å². The predicted octanol–water partition coefficient (Wildman–Crippen LogP) is 3.80. The maximum Gasteiger partial charge on any atom is 0.270 e. The minimum absolute atomic E-state index is 0.0726. The summed E-state index contributed by atoms with van der Waals surface area (Å²) in [5, 5.41) is 11.3. The van der Waals surface area contributed by atoms with E-state index in [0.29, 0.717) is 20.8 Å². The number of nitro groups is 1. The summed E-state index contributed by atoms with van der Waals surface area (Å²) in [6.07, 6.45) is 0. The topological polar surface area (TPSA) is 102 Å². The van der Waals surface area contributed by atoms with Crippen LogP contribution in [0.5, 0.6) is 0 Å². The van der Waals surface area contributed by atoms with Gasteiger partial charge in [-0.3, -0.25) is 14.8 Å². The van der Waals surface area contributed by atoms with Crippen LogP contribution in [0.25, 0.3) is 10.2 Å². The van der Waals surface area contributed by atoms with Crippen molar-refractivity contribution in [1.29, 1.82) is 0 Å². The Morgan fingerprint density at radius 3 is 2.71 bits per heavy atom. The highest BCUT2D eigenvalue weighted by Crippen LogP contribution is 2.30. The van der Waals surface area contributed by atoms with Gasteiger partial charge in [0.15, 0.2) is 5.13 Å². The van der Waals surface area contributed by atoms with Gasteiger partial charge in [-0.25, -0.2) is 13.4 Å². The van der Waals surface area contributed by atoms with E-state index in [1.54, 1.807) is 24.3 Å². The molecule has 1 aromatic heterocycles. The Morgan fingerprint density at radius 2 is 2.00 bits per heavy atom. The van der Waals surface area contributed by atoms with Gasteiger partial charge in [0.1, 0.15) is 0 Å². The first-order valence-electron chi connectivity index (χ1n) is 6.63. The van der Waals surface area contributed by atoms with Gasteiger partial charge >= 0.3 is 0 Å². The van der Waals surface area contributed by atoms with Crippen LogP contribution in [0.1, 0.15) is 5.56 Å². The molecule has 2 aromatic carbocycles. The standard InChI is InChI=1S/C14H10ClN3O4S2/c15-11-4-2-1-3-9(11)8-24(21,22)17-14-16-12-6-5-10(18(19)20)7-13(12)23-14/h1-7H,8H2,(H,16,17). The number of hydrogen-bond acceptors (Lipinski definition) is 6. The molecule has 0 amide bonds. The lowest BCUT2D eigenvalue weighted by atomic mass is 10.2. The Hall–Kier alpha value is -2.23. The van der Waals surface area contributed by atoms with Crippen molar-refractivity contribution >= 4 is 54.0 Å². The summed E-state index contributed by atoms with van der Waals surface area (Å²) in [6.45, 7) is 0. The summed E-state index contributed by atoms with van der Waals surface area (Å²) >= 11 is 7.01. The van der Waals surface area contributed by atoms with Gasteiger partial charge in [0.25, 0.3) is 5.69 Å². The Balaban J connectivity index is 1.86. The van der Waals surface area contributed by atoms with Crippen LogP contribution < -0.4 is 4.72 Å². The molecule has 0 saturated heterocycles. The number of anilines is 1. The summed E-state index contributed by atoms with van der Waals surface area (Å²) < 4.78 is 27.4. The number of thiazole rings is 1. The number of halogens is 1. The van der Waals surface area contributed by atoms with Gasteiger partial charge in [0.2, 0.25) is 10.0 Å². The molecule has 24 heavy (non-hydrogen) atoms. The van der Waals surface area contributed by atoms with Crippen molar-refractivity contribution in [3.63, 3.8) is 0 Å². The highest BCUT2D eigenvalue weighted by Gasteiger charge is 2.17. The van der Waals surface area contributed by atoms with E-state index in [1.807, 2.05) is 0 Å². The molecule has 1 N–H and O–H groups in total. The van der Waals surface area contributed by atoms with Crippen molar-refractivity contribution in [1.82, 2.24) is 4.98 Å². The molecule has 0 radical (unpaired) electrons. The highest BCUT2D eigenvalue weighted by atomic mass is 35.5. The molecule has 0 unspecified atom stereocenters. The average Bonchev–Trinajstić information content (AvgIpc) is 2.89. The Kier molecular flexibility index (Phi) is 4.39. The fraction of sp³-hybridized carbons (Fsp3) is 0.0714. The number of non-ortho nitro benzene ring substituents is 1. The Morgan fingerprint density at radius 1 is 1.25 bits per heavy atom. The molecule has 0 fully saturated rings. The van der Waals surface area contributed by atoms with Gasteiger partial charge in [0, 0.05) is 17.2 Å². The fourth-order valence-corrected chi connectivity index (χ4v) is 4.68. The number of sulfonamides is 1. The van der Waals surface area contributed by atoms with Gasteiger partial charge in [-0.05, 0) is 17.7 Å². The molecular formula is C14H10ClN3O4S2. The molecule has 0 aliphatic carbocycles. The van der Waals surface area contributed by atoms with E-state index in [0.717, 1.165) is 11.3 Å². The zero-order valence-corrected chi connectivity index (χ0v) is 14.4. The lowest BCUT2D eigenvalue weighted by molar-refractivity contribution is -0.384. The van der Waals surface area contributed by atoms with Crippen LogP contribution in [0.2, 0.25) is 5.02 Å². The molecule has 124 valence electrons. The van der Waals surface area contributed by atoms with Gasteiger partial charge in [-0.2, -0.15) is 0 Å². The number of rotatable bonds is 5. The monoisotopic (exact) mass is 383 g/mol. The molecule has 1 heterocycles. The summed E-state index contributed by atoms with van der Waals surface area (Å²) in [5.74, 6) is -0.289. The first-order chi connectivity index (χ1) is 11.3. The average molecular weight is 384 g/mol. The lowest BCUT2D eigenvalue weighted by Crippen LogP contribution is -2.15. The normalized spacial score (nSPS) is 11.5. The second-order valence-corrected chi connectivity index (χ2v) is 8.04. The minimum atomic E-state index is -3.70. The second-order valence-electron chi connectivity index (χ2n) is 4.88. The third-order valence-electron chi connectivity index (χ3n) is 3.13. The third kappa shape index (κ3) is 3.64. The van der Waals surface area contributed by atoms with Crippen molar-refractivity contribution < 1.29 is 13.3 Å². The zero-order chi connectivity index (χ0) is 17.3. The van der Waals surface area contributed by atoms with E-state index in [9.17, 15) is 18.5 Å². The smallest absolute Gasteiger partial charge is 0.258 e. The van der Waals surface area contributed by atoms with Crippen LogP contribution in [-0.4, -0.2) is 18.3 Å². The molecule has 3 rings (SSSR count). The summed E-state index contributed by atoms with van der Waals surface area (Å²) in [5.41, 5.74) is 0.890. The number of hydrogen-bond donors (Lipinski definition) is 1. The van der Waals surface area contributed by atoms with Crippen LogP contribution >= 0.6 is 22.9 Å². The summed E-state index contributed by atoms with van der Waals surface area (Å²) in [7, 11) is -3.70. The van der Waals surface area contributed by atoms with E-state index in [-0.39, 0.29) is 16.6 Å². The zero-order valence-electron chi connectivity index (χ0n) is 12.0. The number of fused-ring (bicyclic) bond motifs is 1. The first kappa shape index (κ1) is 16.6. The number of aromatic nitrogens is 1. The SMILES string of the molecule is O=[N+]([O-])c1ccc2nc(NS(=O)(=O)Cc3ccccc3Cl)sc2c1. The van der Waals surface area contributed by atoms with Crippen molar-refractivity contribution in [2.24, 2.45) is 0 Å².